The van der Waals surface area contributed by atoms with Gasteiger partial charge in [-0.15, -0.1) is 0 Å². The Hall–Kier alpha value is -2.33. The van der Waals surface area contributed by atoms with Gasteiger partial charge in [-0.1, -0.05) is 18.2 Å². The van der Waals surface area contributed by atoms with Crippen LogP contribution in [0.3, 0.4) is 0 Å². The SMILES string of the molecule is NCCC1CN(c2nccc3occc23)c2ccccc21. The van der Waals surface area contributed by atoms with E-state index < -0.39 is 0 Å². The van der Waals surface area contributed by atoms with E-state index in [1.807, 2.05) is 12.1 Å². The molecule has 0 saturated heterocycles. The van der Waals surface area contributed by atoms with Crippen molar-refractivity contribution in [3.8, 4) is 0 Å². The highest BCUT2D eigenvalue weighted by Crippen LogP contribution is 2.43. The molecule has 4 nitrogen and oxygen atoms in total. The minimum absolute atomic E-state index is 0.468. The number of nitrogens with two attached hydrogens (primary N) is 1. The van der Waals surface area contributed by atoms with Gasteiger partial charge < -0.3 is 15.1 Å². The molecule has 1 unspecified atom stereocenters. The summed E-state index contributed by atoms with van der Waals surface area (Å²) in [6.45, 7) is 1.63. The number of hydrogen-bond acceptors (Lipinski definition) is 4. The third-order valence-electron chi connectivity index (χ3n) is 4.20. The average Bonchev–Trinajstić information content (AvgIpc) is 3.12. The predicted octanol–water partition coefficient (Wildman–Crippen LogP) is 3.41. The molecule has 2 N–H and O–H groups in total. The van der Waals surface area contributed by atoms with E-state index in [4.69, 9.17) is 10.2 Å². The fourth-order valence-corrected chi connectivity index (χ4v) is 3.24. The van der Waals surface area contributed by atoms with Gasteiger partial charge in [0.2, 0.25) is 0 Å². The van der Waals surface area contributed by atoms with Crippen molar-refractivity contribution in [1.82, 2.24) is 4.98 Å². The maximum absolute atomic E-state index is 5.77. The first-order valence-electron chi connectivity index (χ1n) is 7.27. The highest BCUT2D eigenvalue weighted by molar-refractivity contribution is 5.91. The van der Waals surface area contributed by atoms with Crippen molar-refractivity contribution in [2.75, 3.05) is 18.0 Å². The van der Waals surface area contributed by atoms with E-state index in [1.165, 1.54) is 11.3 Å². The molecule has 106 valence electrons. The molecule has 0 saturated carbocycles. The lowest BCUT2D eigenvalue weighted by Crippen LogP contribution is -2.18. The number of aromatic nitrogens is 1. The minimum atomic E-state index is 0.468. The molecule has 1 atom stereocenters. The van der Waals surface area contributed by atoms with Crippen molar-refractivity contribution in [3.05, 3.63) is 54.4 Å². The monoisotopic (exact) mass is 279 g/mol. The maximum atomic E-state index is 5.77. The summed E-state index contributed by atoms with van der Waals surface area (Å²) in [6, 6.07) is 12.4. The van der Waals surface area contributed by atoms with E-state index in [0.29, 0.717) is 12.5 Å². The first-order chi connectivity index (χ1) is 10.4. The van der Waals surface area contributed by atoms with E-state index in [0.717, 1.165) is 29.8 Å². The minimum Gasteiger partial charge on any atom is -0.464 e. The number of hydrogen-bond donors (Lipinski definition) is 1. The fraction of sp³-hybridized carbons (Fsp3) is 0.235. The van der Waals surface area contributed by atoms with Gasteiger partial charge in [0, 0.05) is 24.3 Å². The number of fused-ring (bicyclic) bond motifs is 2. The summed E-state index contributed by atoms with van der Waals surface area (Å²) in [7, 11) is 0. The summed E-state index contributed by atoms with van der Waals surface area (Å²) in [4.78, 5) is 6.87. The molecule has 1 aliphatic heterocycles. The maximum Gasteiger partial charge on any atom is 0.144 e. The predicted molar refractivity (Wildman–Crippen MR) is 83.9 cm³/mol. The summed E-state index contributed by atoms with van der Waals surface area (Å²) >= 11 is 0. The van der Waals surface area contributed by atoms with Gasteiger partial charge in [0.1, 0.15) is 11.4 Å². The van der Waals surface area contributed by atoms with E-state index in [2.05, 4.69) is 34.1 Å². The number of para-hydroxylation sites is 1. The Kier molecular flexibility index (Phi) is 2.89. The van der Waals surface area contributed by atoms with Crippen molar-refractivity contribution in [3.63, 3.8) is 0 Å². The number of anilines is 2. The molecule has 4 heteroatoms. The zero-order valence-corrected chi connectivity index (χ0v) is 11.7. The average molecular weight is 279 g/mol. The van der Waals surface area contributed by atoms with Crippen molar-refractivity contribution in [1.29, 1.82) is 0 Å². The third kappa shape index (κ3) is 1.91. The molecule has 1 aliphatic rings. The van der Waals surface area contributed by atoms with Crippen molar-refractivity contribution in [2.24, 2.45) is 5.73 Å². The Bertz CT molecular complexity index is 780. The summed E-state index contributed by atoms with van der Waals surface area (Å²) < 4.78 is 5.49. The Morgan fingerprint density at radius 3 is 3.05 bits per heavy atom. The number of rotatable bonds is 3. The summed E-state index contributed by atoms with van der Waals surface area (Å²) in [6.07, 6.45) is 4.52. The summed E-state index contributed by atoms with van der Waals surface area (Å²) in [5, 5.41) is 1.06. The van der Waals surface area contributed by atoms with Gasteiger partial charge in [0.25, 0.3) is 0 Å². The van der Waals surface area contributed by atoms with Crippen LogP contribution in [0.25, 0.3) is 11.0 Å². The number of furan rings is 1. The van der Waals surface area contributed by atoms with E-state index in [9.17, 15) is 0 Å². The molecule has 0 amide bonds. The molecule has 0 spiro atoms. The second-order valence-electron chi connectivity index (χ2n) is 5.41. The van der Waals surface area contributed by atoms with Crippen LogP contribution in [0.1, 0.15) is 17.9 Å². The smallest absolute Gasteiger partial charge is 0.144 e. The second-order valence-corrected chi connectivity index (χ2v) is 5.41. The zero-order valence-electron chi connectivity index (χ0n) is 11.7. The number of benzene rings is 1. The summed E-state index contributed by atoms with van der Waals surface area (Å²) in [5.41, 5.74) is 9.25. The largest absolute Gasteiger partial charge is 0.464 e. The van der Waals surface area contributed by atoms with Crippen LogP contribution >= 0.6 is 0 Å². The van der Waals surface area contributed by atoms with Crippen LogP contribution in [0.5, 0.6) is 0 Å². The molecular weight excluding hydrogens is 262 g/mol. The van der Waals surface area contributed by atoms with Crippen molar-refractivity contribution in [2.45, 2.75) is 12.3 Å². The lowest BCUT2D eigenvalue weighted by molar-refractivity contribution is 0.615. The molecule has 0 aliphatic carbocycles. The quantitative estimate of drug-likeness (QED) is 0.798. The van der Waals surface area contributed by atoms with Gasteiger partial charge in [0.15, 0.2) is 0 Å². The Balaban J connectivity index is 1.85. The topological polar surface area (TPSA) is 55.3 Å². The normalized spacial score (nSPS) is 17.4. The molecule has 3 heterocycles. The van der Waals surface area contributed by atoms with Gasteiger partial charge >= 0.3 is 0 Å². The molecule has 0 fully saturated rings. The standard InChI is InChI=1S/C17H17N3O/c18-8-5-12-11-20(15-4-2-1-3-13(12)15)17-14-7-10-21-16(14)6-9-19-17/h1-4,6-7,9-10,12H,5,8,11,18H2. The molecule has 4 rings (SSSR count). The third-order valence-corrected chi connectivity index (χ3v) is 4.20. The van der Waals surface area contributed by atoms with Crippen LogP contribution in [0.2, 0.25) is 0 Å². The van der Waals surface area contributed by atoms with Crippen LogP contribution < -0.4 is 10.6 Å². The van der Waals surface area contributed by atoms with Crippen molar-refractivity contribution >= 4 is 22.5 Å². The van der Waals surface area contributed by atoms with Crippen LogP contribution in [-0.2, 0) is 0 Å². The molecule has 21 heavy (non-hydrogen) atoms. The van der Waals surface area contributed by atoms with Gasteiger partial charge in [-0.25, -0.2) is 4.98 Å². The lowest BCUT2D eigenvalue weighted by Gasteiger charge is -2.19. The lowest BCUT2D eigenvalue weighted by atomic mass is 9.98. The van der Waals surface area contributed by atoms with Crippen LogP contribution in [0.15, 0.2) is 53.3 Å². The molecule has 1 aromatic carbocycles. The van der Waals surface area contributed by atoms with E-state index in [1.54, 1.807) is 12.5 Å². The molecule has 2 aromatic heterocycles. The zero-order chi connectivity index (χ0) is 14.2. The molecule has 0 bridgehead atoms. The Morgan fingerprint density at radius 1 is 1.24 bits per heavy atom. The van der Waals surface area contributed by atoms with E-state index in [-0.39, 0.29) is 0 Å². The highest BCUT2D eigenvalue weighted by Gasteiger charge is 2.30. The van der Waals surface area contributed by atoms with Gasteiger partial charge in [-0.3, -0.25) is 0 Å². The van der Waals surface area contributed by atoms with Crippen LogP contribution in [-0.4, -0.2) is 18.1 Å². The Morgan fingerprint density at radius 2 is 2.14 bits per heavy atom. The first kappa shape index (κ1) is 12.4. The van der Waals surface area contributed by atoms with E-state index >= 15 is 0 Å². The highest BCUT2D eigenvalue weighted by atomic mass is 16.3. The molecule has 0 radical (unpaired) electrons. The fourth-order valence-electron chi connectivity index (χ4n) is 3.24. The van der Waals surface area contributed by atoms with Crippen LogP contribution in [0, 0.1) is 0 Å². The first-order valence-corrected chi connectivity index (χ1v) is 7.27. The van der Waals surface area contributed by atoms with Gasteiger partial charge in [-0.05, 0) is 36.7 Å². The molecule has 3 aromatic rings. The number of nitrogens with zero attached hydrogens (tertiary/aromatic N) is 2. The van der Waals surface area contributed by atoms with Gasteiger partial charge in [-0.2, -0.15) is 0 Å². The Labute approximate surface area is 123 Å². The number of pyridine rings is 1. The van der Waals surface area contributed by atoms with Gasteiger partial charge in [0.05, 0.1) is 11.6 Å². The second kappa shape index (κ2) is 4.90. The van der Waals surface area contributed by atoms with Crippen LogP contribution in [0.4, 0.5) is 11.5 Å². The van der Waals surface area contributed by atoms with Crippen molar-refractivity contribution < 1.29 is 4.42 Å². The summed E-state index contributed by atoms with van der Waals surface area (Å²) in [5.74, 6) is 1.43. The molecular formula is C17H17N3O.